The monoisotopic (exact) mass is 526 g/mol. The lowest BCUT2D eigenvalue weighted by molar-refractivity contribution is 0.0954. The zero-order valence-corrected chi connectivity index (χ0v) is 20.3. The number of nitrogens with zero attached hydrogens (tertiary/aromatic N) is 2. The maximum atomic E-state index is 12.3. The maximum Gasteiger partial charge on any atom is 0.251 e. The number of amides is 1. The Bertz CT molecular complexity index is 812. The van der Waals surface area contributed by atoms with E-state index in [0.29, 0.717) is 30.9 Å². The second-order valence-electron chi connectivity index (χ2n) is 6.43. The molecule has 1 amide bonds. The molecule has 0 saturated heterocycles. The number of ether oxygens (including phenoxy) is 2. The van der Waals surface area contributed by atoms with Gasteiger partial charge in [-0.05, 0) is 42.8 Å². The first-order valence-electron chi connectivity index (χ1n) is 9.62. The first-order valence-corrected chi connectivity index (χ1v) is 9.62. The average molecular weight is 526 g/mol. The van der Waals surface area contributed by atoms with E-state index in [2.05, 4.69) is 20.5 Å². The molecule has 30 heavy (non-hydrogen) atoms. The predicted octanol–water partition coefficient (Wildman–Crippen LogP) is 3.15. The van der Waals surface area contributed by atoms with Gasteiger partial charge in [0.2, 0.25) is 0 Å². The van der Waals surface area contributed by atoms with Crippen LogP contribution in [0.3, 0.4) is 0 Å². The van der Waals surface area contributed by atoms with Crippen LogP contribution in [-0.4, -0.2) is 57.7 Å². The molecule has 0 unspecified atom stereocenters. The zero-order valence-electron chi connectivity index (χ0n) is 18.0. The van der Waals surface area contributed by atoms with Crippen molar-refractivity contribution in [2.75, 3.05) is 40.9 Å². The Kier molecular flexibility index (Phi) is 11.7. The largest absolute Gasteiger partial charge is 0.497 e. The molecule has 0 heterocycles. The third-order valence-electron chi connectivity index (χ3n) is 4.27. The molecule has 0 fully saturated rings. The van der Waals surface area contributed by atoms with Crippen LogP contribution in [-0.2, 0) is 6.54 Å². The highest BCUT2D eigenvalue weighted by Gasteiger charge is 2.08. The summed E-state index contributed by atoms with van der Waals surface area (Å²) in [5.41, 5.74) is 1.72. The third-order valence-corrected chi connectivity index (χ3v) is 4.27. The van der Waals surface area contributed by atoms with E-state index in [4.69, 9.17) is 9.47 Å². The number of guanidine groups is 1. The van der Waals surface area contributed by atoms with Crippen LogP contribution in [0, 0.1) is 0 Å². The van der Waals surface area contributed by atoms with Crippen molar-refractivity contribution in [2.45, 2.75) is 13.5 Å². The van der Waals surface area contributed by atoms with E-state index < -0.39 is 0 Å². The van der Waals surface area contributed by atoms with Gasteiger partial charge in [-0.2, -0.15) is 0 Å². The molecule has 0 bridgehead atoms. The highest BCUT2D eigenvalue weighted by atomic mass is 127. The molecule has 8 heteroatoms. The Morgan fingerprint density at radius 1 is 1.03 bits per heavy atom. The summed E-state index contributed by atoms with van der Waals surface area (Å²) in [6.45, 7) is 4.43. The van der Waals surface area contributed by atoms with Crippen LogP contribution in [0.2, 0.25) is 0 Å². The lowest BCUT2D eigenvalue weighted by atomic mass is 10.2. The number of aliphatic imine (C=N–C) groups is 1. The van der Waals surface area contributed by atoms with E-state index in [0.717, 1.165) is 23.8 Å². The van der Waals surface area contributed by atoms with Gasteiger partial charge in [-0.3, -0.25) is 9.79 Å². The molecular formula is C22H31IN4O3. The molecule has 0 aliphatic rings. The number of methoxy groups -OCH3 is 2. The topological polar surface area (TPSA) is 75.2 Å². The quantitative estimate of drug-likeness (QED) is 0.227. The SMILES string of the molecule is CCNC(=NCCNC(=O)c1cccc(OC)c1)N(C)Cc1ccc(OC)cc1.I. The minimum absolute atomic E-state index is 0. The summed E-state index contributed by atoms with van der Waals surface area (Å²) in [6, 6.07) is 15.0. The molecule has 7 nitrogen and oxygen atoms in total. The first-order chi connectivity index (χ1) is 14.1. The summed E-state index contributed by atoms with van der Waals surface area (Å²) in [7, 11) is 5.22. The number of halogens is 1. The fraction of sp³-hybridized carbons (Fsp3) is 0.364. The van der Waals surface area contributed by atoms with Crippen LogP contribution in [0.1, 0.15) is 22.8 Å². The Balaban J connectivity index is 0.00000450. The van der Waals surface area contributed by atoms with E-state index in [9.17, 15) is 4.79 Å². The second-order valence-corrected chi connectivity index (χ2v) is 6.43. The fourth-order valence-electron chi connectivity index (χ4n) is 2.75. The molecular weight excluding hydrogens is 495 g/mol. The Hall–Kier alpha value is -2.49. The molecule has 2 N–H and O–H groups in total. The number of rotatable bonds is 9. The van der Waals surface area contributed by atoms with Crippen LogP contribution < -0.4 is 20.1 Å². The number of carbonyl (C=O) groups is 1. The van der Waals surface area contributed by atoms with Gasteiger partial charge in [0.05, 0.1) is 20.8 Å². The van der Waals surface area contributed by atoms with E-state index in [-0.39, 0.29) is 29.9 Å². The van der Waals surface area contributed by atoms with Gasteiger partial charge in [0.15, 0.2) is 5.96 Å². The summed E-state index contributed by atoms with van der Waals surface area (Å²) >= 11 is 0. The predicted molar refractivity (Wildman–Crippen MR) is 131 cm³/mol. The van der Waals surface area contributed by atoms with Crippen molar-refractivity contribution in [3.8, 4) is 11.5 Å². The van der Waals surface area contributed by atoms with Gasteiger partial charge in [-0.25, -0.2) is 0 Å². The van der Waals surface area contributed by atoms with Crippen LogP contribution in [0.5, 0.6) is 11.5 Å². The minimum atomic E-state index is -0.143. The van der Waals surface area contributed by atoms with Crippen LogP contribution in [0.25, 0.3) is 0 Å². The molecule has 2 aromatic carbocycles. The van der Waals surface area contributed by atoms with Crippen molar-refractivity contribution in [1.29, 1.82) is 0 Å². The Morgan fingerprint density at radius 3 is 2.37 bits per heavy atom. The van der Waals surface area contributed by atoms with Gasteiger partial charge in [0.1, 0.15) is 11.5 Å². The smallest absolute Gasteiger partial charge is 0.251 e. The van der Waals surface area contributed by atoms with Crippen molar-refractivity contribution < 1.29 is 14.3 Å². The molecule has 0 aliphatic carbocycles. The Morgan fingerprint density at radius 2 is 1.73 bits per heavy atom. The standard InChI is InChI=1S/C22H30N4O3.HI/c1-5-23-22(26(2)16-17-9-11-19(28-3)12-10-17)25-14-13-24-21(27)18-7-6-8-20(15-18)29-4;/h6-12,15H,5,13-14,16H2,1-4H3,(H,23,25)(H,24,27);1H. The number of hydrogen-bond acceptors (Lipinski definition) is 4. The van der Waals surface area contributed by atoms with Crippen LogP contribution in [0.4, 0.5) is 0 Å². The molecule has 0 aliphatic heterocycles. The van der Waals surface area contributed by atoms with Crippen LogP contribution in [0.15, 0.2) is 53.5 Å². The lowest BCUT2D eigenvalue weighted by Crippen LogP contribution is -2.39. The minimum Gasteiger partial charge on any atom is -0.497 e. The highest BCUT2D eigenvalue weighted by Crippen LogP contribution is 2.13. The molecule has 2 aromatic rings. The molecule has 0 radical (unpaired) electrons. The molecule has 0 spiro atoms. The third kappa shape index (κ3) is 8.10. The number of carbonyl (C=O) groups excluding carboxylic acids is 1. The maximum absolute atomic E-state index is 12.3. The zero-order chi connectivity index (χ0) is 21.1. The van der Waals surface area contributed by atoms with Gasteiger partial charge in [0, 0.05) is 32.2 Å². The van der Waals surface area contributed by atoms with E-state index in [1.165, 1.54) is 0 Å². The molecule has 0 atom stereocenters. The summed E-state index contributed by atoms with van der Waals surface area (Å²) in [5.74, 6) is 2.14. The second kappa shape index (κ2) is 13.7. The number of benzene rings is 2. The van der Waals surface area contributed by atoms with Crippen molar-refractivity contribution >= 4 is 35.8 Å². The van der Waals surface area contributed by atoms with Crippen LogP contribution >= 0.6 is 24.0 Å². The fourth-order valence-corrected chi connectivity index (χ4v) is 2.75. The number of nitrogens with one attached hydrogen (secondary N) is 2. The van der Waals surface area contributed by atoms with Gasteiger partial charge >= 0.3 is 0 Å². The van der Waals surface area contributed by atoms with Gasteiger partial charge in [-0.1, -0.05) is 18.2 Å². The lowest BCUT2D eigenvalue weighted by Gasteiger charge is -2.22. The normalized spacial score (nSPS) is 10.6. The van der Waals surface area contributed by atoms with Crippen molar-refractivity contribution in [1.82, 2.24) is 15.5 Å². The summed E-state index contributed by atoms with van der Waals surface area (Å²) in [5, 5.41) is 6.17. The molecule has 164 valence electrons. The molecule has 0 saturated carbocycles. The summed E-state index contributed by atoms with van der Waals surface area (Å²) in [6.07, 6.45) is 0. The molecule has 2 rings (SSSR count). The van der Waals surface area contributed by atoms with E-state index >= 15 is 0 Å². The summed E-state index contributed by atoms with van der Waals surface area (Å²) < 4.78 is 10.4. The van der Waals surface area contributed by atoms with Crippen molar-refractivity contribution in [2.24, 2.45) is 4.99 Å². The highest BCUT2D eigenvalue weighted by molar-refractivity contribution is 14.0. The Labute approximate surface area is 195 Å². The van der Waals surface area contributed by atoms with Crippen molar-refractivity contribution in [3.63, 3.8) is 0 Å². The van der Waals surface area contributed by atoms with Gasteiger partial charge in [-0.15, -0.1) is 24.0 Å². The average Bonchev–Trinajstić information content (AvgIpc) is 2.76. The van der Waals surface area contributed by atoms with Gasteiger partial charge < -0.3 is 25.0 Å². The van der Waals surface area contributed by atoms with E-state index in [1.54, 1.807) is 32.4 Å². The summed E-state index contributed by atoms with van der Waals surface area (Å²) in [4.78, 5) is 18.9. The first kappa shape index (κ1) is 25.5. The number of hydrogen-bond donors (Lipinski definition) is 2. The van der Waals surface area contributed by atoms with Crippen molar-refractivity contribution in [3.05, 3.63) is 59.7 Å². The molecule has 0 aromatic heterocycles. The van der Waals surface area contributed by atoms with E-state index in [1.807, 2.05) is 44.3 Å². The van der Waals surface area contributed by atoms with Gasteiger partial charge in [0.25, 0.3) is 5.91 Å².